The number of anilines is 1. The minimum absolute atomic E-state index is 0.0684. The van der Waals surface area contributed by atoms with E-state index < -0.39 is 6.17 Å². The standard InChI is InChI=1S/C25H23N3O4/c29-22(26-14-13-17-7-6-16-32-17)12-5-15-27-23-18-8-1-2-9-19(18)25(31)28(23)21-11-4-3-10-20(21)24(27)30/h1-4,6-11,16,23H,5,12-15H2,(H,26,29)/t23-/m0/s1. The van der Waals surface area contributed by atoms with Crippen molar-refractivity contribution >= 4 is 23.4 Å². The van der Waals surface area contributed by atoms with Crippen molar-refractivity contribution in [3.63, 3.8) is 0 Å². The summed E-state index contributed by atoms with van der Waals surface area (Å²) in [4.78, 5) is 42.2. The van der Waals surface area contributed by atoms with E-state index in [0.29, 0.717) is 49.2 Å². The van der Waals surface area contributed by atoms with Gasteiger partial charge in [0.15, 0.2) is 0 Å². The predicted octanol–water partition coefficient (Wildman–Crippen LogP) is 3.53. The Bertz CT molecular complexity index is 1170. The van der Waals surface area contributed by atoms with Crippen LogP contribution in [0.25, 0.3) is 0 Å². The van der Waals surface area contributed by atoms with Crippen molar-refractivity contribution in [2.75, 3.05) is 18.0 Å². The molecule has 3 heterocycles. The SMILES string of the molecule is O=C(CCCN1C(=O)c2ccccc2N2C(=O)c3ccccc3[C@@H]12)NCCc1ccco1. The van der Waals surface area contributed by atoms with Crippen LogP contribution in [0.5, 0.6) is 0 Å². The number of fused-ring (bicyclic) bond motifs is 5. The third-order valence-corrected chi connectivity index (χ3v) is 5.96. The van der Waals surface area contributed by atoms with Gasteiger partial charge in [-0.25, -0.2) is 0 Å². The zero-order valence-electron chi connectivity index (χ0n) is 17.5. The van der Waals surface area contributed by atoms with Crippen LogP contribution in [0.2, 0.25) is 0 Å². The summed E-state index contributed by atoms with van der Waals surface area (Å²) in [5, 5.41) is 2.89. The molecule has 7 heteroatoms. The molecule has 5 rings (SSSR count). The van der Waals surface area contributed by atoms with Gasteiger partial charge in [0, 0.05) is 37.1 Å². The topological polar surface area (TPSA) is 82.9 Å². The van der Waals surface area contributed by atoms with Gasteiger partial charge in [-0.1, -0.05) is 30.3 Å². The van der Waals surface area contributed by atoms with Gasteiger partial charge in [0.25, 0.3) is 11.8 Å². The Morgan fingerprint density at radius 3 is 2.53 bits per heavy atom. The predicted molar refractivity (Wildman–Crippen MR) is 118 cm³/mol. The second-order valence-corrected chi connectivity index (χ2v) is 7.93. The third-order valence-electron chi connectivity index (χ3n) is 5.96. The first-order valence-corrected chi connectivity index (χ1v) is 10.8. The van der Waals surface area contributed by atoms with E-state index in [1.54, 1.807) is 34.3 Å². The van der Waals surface area contributed by atoms with Crippen LogP contribution in [0.15, 0.2) is 71.3 Å². The molecule has 3 aromatic rings. The van der Waals surface area contributed by atoms with Gasteiger partial charge in [0.2, 0.25) is 5.91 Å². The van der Waals surface area contributed by atoms with Crippen molar-refractivity contribution in [1.29, 1.82) is 0 Å². The number of nitrogens with one attached hydrogen (secondary N) is 1. The molecule has 1 atom stereocenters. The summed E-state index contributed by atoms with van der Waals surface area (Å²) in [6, 6.07) is 18.3. The average molecular weight is 429 g/mol. The molecule has 0 aliphatic carbocycles. The monoisotopic (exact) mass is 429 g/mol. The maximum Gasteiger partial charge on any atom is 0.260 e. The number of hydrogen-bond donors (Lipinski definition) is 1. The average Bonchev–Trinajstić information content (AvgIpc) is 3.43. The smallest absolute Gasteiger partial charge is 0.260 e. The highest BCUT2D eigenvalue weighted by Gasteiger charge is 2.47. The molecular weight excluding hydrogens is 406 g/mol. The number of nitrogens with zero attached hydrogens (tertiary/aromatic N) is 2. The Morgan fingerprint density at radius 1 is 0.938 bits per heavy atom. The van der Waals surface area contributed by atoms with E-state index in [9.17, 15) is 14.4 Å². The summed E-state index contributed by atoms with van der Waals surface area (Å²) >= 11 is 0. The van der Waals surface area contributed by atoms with Gasteiger partial charge in [-0.15, -0.1) is 0 Å². The number of carbonyl (C=O) groups excluding carboxylic acids is 3. The largest absolute Gasteiger partial charge is 0.469 e. The number of benzene rings is 2. The normalized spacial score (nSPS) is 16.6. The lowest BCUT2D eigenvalue weighted by molar-refractivity contribution is -0.121. The van der Waals surface area contributed by atoms with Crippen LogP contribution >= 0.6 is 0 Å². The van der Waals surface area contributed by atoms with Crippen LogP contribution < -0.4 is 10.2 Å². The van der Waals surface area contributed by atoms with Crippen LogP contribution in [0.4, 0.5) is 5.69 Å². The van der Waals surface area contributed by atoms with Crippen LogP contribution in [0.3, 0.4) is 0 Å². The number of furan rings is 1. The van der Waals surface area contributed by atoms with Crippen LogP contribution in [-0.4, -0.2) is 35.7 Å². The van der Waals surface area contributed by atoms with Crippen molar-refractivity contribution in [3.05, 3.63) is 89.4 Å². The van der Waals surface area contributed by atoms with E-state index in [2.05, 4.69) is 5.32 Å². The summed E-state index contributed by atoms with van der Waals surface area (Å²) < 4.78 is 5.27. The molecule has 0 saturated carbocycles. The number of amides is 3. The summed E-state index contributed by atoms with van der Waals surface area (Å²) in [6.07, 6.45) is 2.56. The second kappa shape index (κ2) is 8.34. The highest BCUT2D eigenvalue weighted by atomic mass is 16.3. The Labute approximate surface area is 185 Å². The maximum atomic E-state index is 13.3. The molecular formula is C25H23N3O4. The molecule has 162 valence electrons. The first kappa shape index (κ1) is 20.1. The molecule has 2 aliphatic rings. The fourth-order valence-electron chi connectivity index (χ4n) is 4.48. The van der Waals surface area contributed by atoms with Gasteiger partial charge in [-0.05, 0) is 36.8 Å². The third kappa shape index (κ3) is 3.45. The van der Waals surface area contributed by atoms with Crippen molar-refractivity contribution in [2.24, 2.45) is 0 Å². The molecule has 1 N–H and O–H groups in total. The first-order chi connectivity index (χ1) is 15.6. The summed E-state index contributed by atoms with van der Waals surface area (Å²) in [5.41, 5.74) is 2.58. The number of para-hydroxylation sites is 1. The molecule has 2 aromatic carbocycles. The van der Waals surface area contributed by atoms with Crippen molar-refractivity contribution in [3.8, 4) is 0 Å². The molecule has 1 aromatic heterocycles. The van der Waals surface area contributed by atoms with E-state index in [4.69, 9.17) is 4.42 Å². The maximum absolute atomic E-state index is 13.3. The quantitative estimate of drug-likeness (QED) is 0.623. The molecule has 0 bridgehead atoms. The summed E-state index contributed by atoms with van der Waals surface area (Å²) in [6.45, 7) is 0.877. The zero-order valence-corrected chi connectivity index (χ0v) is 17.5. The van der Waals surface area contributed by atoms with Gasteiger partial charge in [-0.3, -0.25) is 19.3 Å². The fraction of sp³-hybridized carbons (Fsp3) is 0.240. The summed E-state index contributed by atoms with van der Waals surface area (Å²) in [5.74, 6) is 0.532. The van der Waals surface area contributed by atoms with Crippen LogP contribution in [0.1, 0.15) is 51.0 Å². The van der Waals surface area contributed by atoms with Gasteiger partial charge in [0.1, 0.15) is 11.9 Å². The molecule has 0 fully saturated rings. The van der Waals surface area contributed by atoms with E-state index in [0.717, 1.165) is 11.3 Å². The Hall–Kier alpha value is -3.87. The molecule has 0 unspecified atom stereocenters. The van der Waals surface area contributed by atoms with Gasteiger partial charge in [0.05, 0.1) is 17.5 Å². The molecule has 0 radical (unpaired) electrons. The first-order valence-electron chi connectivity index (χ1n) is 10.8. The molecule has 3 amide bonds. The molecule has 0 saturated heterocycles. The van der Waals surface area contributed by atoms with Crippen LogP contribution in [0, 0.1) is 0 Å². The molecule has 7 nitrogen and oxygen atoms in total. The second-order valence-electron chi connectivity index (χ2n) is 7.93. The molecule has 32 heavy (non-hydrogen) atoms. The molecule has 0 spiro atoms. The van der Waals surface area contributed by atoms with Gasteiger partial charge < -0.3 is 14.6 Å². The lowest BCUT2D eigenvalue weighted by Crippen LogP contribution is -2.48. The van der Waals surface area contributed by atoms with E-state index >= 15 is 0 Å². The minimum Gasteiger partial charge on any atom is -0.469 e. The Balaban J connectivity index is 1.29. The summed E-state index contributed by atoms with van der Waals surface area (Å²) in [7, 11) is 0. The number of carbonyl (C=O) groups is 3. The van der Waals surface area contributed by atoms with Gasteiger partial charge in [-0.2, -0.15) is 0 Å². The lowest BCUT2D eigenvalue weighted by atomic mass is 10.0. The number of rotatable bonds is 7. The van der Waals surface area contributed by atoms with Crippen molar-refractivity contribution in [1.82, 2.24) is 10.2 Å². The minimum atomic E-state index is -0.483. The van der Waals surface area contributed by atoms with Crippen molar-refractivity contribution < 1.29 is 18.8 Å². The highest BCUT2D eigenvalue weighted by Crippen LogP contribution is 2.45. The highest BCUT2D eigenvalue weighted by molar-refractivity contribution is 6.16. The van der Waals surface area contributed by atoms with Crippen molar-refractivity contribution in [2.45, 2.75) is 25.4 Å². The van der Waals surface area contributed by atoms with Crippen LogP contribution in [-0.2, 0) is 11.2 Å². The van der Waals surface area contributed by atoms with E-state index in [1.807, 2.05) is 42.5 Å². The van der Waals surface area contributed by atoms with E-state index in [1.165, 1.54) is 0 Å². The van der Waals surface area contributed by atoms with Gasteiger partial charge >= 0.3 is 0 Å². The fourth-order valence-corrected chi connectivity index (χ4v) is 4.48. The number of hydrogen-bond acceptors (Lipinski definition) is 4. The Kier molecular flexibility index (Phi) is 5.23. The molecule has 2 aliphatic heterocycles. The Morgan fingerprint density at radius 2 is 1.72 bits per heavy atom. The lowest BCUT2D eigenvalue weighted by Gasteiger charge is -2.41. The zero-order chi connectivity index (χ0) is 22.1. The van der Waals surface area contributed by atoms with E-state index in [-0.39, 0.29) is 17.7 Å².